The monoisotopic (exact) mass is 398 g/mol. The van der Waals surface area contributed by atoms with Gasteiger partial charge in [0.15, 0.2) is 0 Å². The topological polar surface area (TPSA) is 93.7 Å². The summed E-state index contributed by atoms with van der Waals surface area (Å²) >= 11 is 0. The smallest absolute Gasteiger partial charge is 0.328 e. The Bertz CT molecular complexity index is 806. The van der Waals surface area contributed by atoms with Crippen LogP contribution in [0.3, 0.4) is 0 Å². The number of benzene rings is 2. The van der Waals surface area contributed by atoms with Crippen LogP contribution < -0.4 is 15.4 Å². The number of hydrogen-bond acceptors (Lipinski definition) is 5. The Labute approximate surface area is 170 Å². The van der Waals surface area contributed by atoms with Gasteiger partial charge in [-0.1, -0.05) is 30.3 Å². The third kappa shape index (κ3) is 7.29. The Morgan fingerprint density at radius 2 is 1.66 bits per heavy atom. The van der Waals surface area contributed by atoms with Crippen molar-refractivity contribution < 1.29 is 23.9 Å². The van der Waals surface area contributed by atoms with E-state index >= 15 is 0 Å². The van der Waals surface area contributed by atoms with Crippen molar-refractivity contribution in [3.63, 3.8) is 0 Å². The minimum absolute atomic E-state index is 0.186. The number of hydrogen-bond donors (Lipinski definition) is 2. The number of amides is 2. The molecule has 1 unspecified atom stereocenters. The van der Waals surface area contributed by atoms with Gasteiger partial charge in [0.2, 0.25) is 5.91 Å². The van der Waals surface area contributed by atoms with E-state index in [9.17, 15) is 14.4 Å². The summed E-state index contributed by atoms with van der Waals surface area (Å²) in [7, 11) is 2.85. The molecule has 7 nitrogen and oxygen atoms in total. The number of carbonyl (C=O) groups excluding carboxylic acids is 3. The predicted molar refractivity (Wildman–Crippen MR) is 109 cm³/mol. The Hall–Kier alpha value is -3.35. The van der Waals surface area contributed by atoms with Crippen molar-refractivity contribution in [2.45, 2.75) is 25.3 Å². The van der Waals surface area contributed by atoms with Crippen molar-refractivity contribution in [3.8, 4) is 5.75 Å². The fourth-order valence-electron chi connectivity index (χ4n) is 2.75. The highest BCUT2D eigenvalue weighted by molar-refractivity contribution is 5.94. The molecule has 0 heterocycles. The predicted octanol–water partition coefficient (Wildman–Crippen LogP) is 2.11. The number of rotatable bonds is 10. The lowest BCUT2D eigenvalue weighted by atomic mass is 10.1. The lowest BCUT2D eigenvalue weighted by Crippen LogP contribution is -2.43. The van der Waals surface area contributed by atoms with Crippen molar-refractivity contribution in [2.75, 3.05) is 20.8 Å². The quantitative estimate of drug-likeness (QED) is 0.472. The van der Waals surface area contributed by atoms with Gasteiger partial charge >= 0.3 is 5.97 Å². The zero-order valence-corrected chi connectivity index (χ0v) is 16.6. The molecule has 154 valence electrons. The molecule has 2 N–H and O–H groups in total. The average Bonchev–Trinajstić information content (AvgIpc) is 2.76. The lowest BCUT2D eigenvalue weighted by Gasteiger charge is -2.16. The first-order chi connectivity index (χ1) is 14.0. The molecule has 0 aliphatic rings. The molecule has 2 aromatic rings. The molecule has 7 heteroatoms. The van der Waals surface area contributed by atoms with Crippen LogP contribution >= 0.6 is 0 Å². The molecule has 0 saturated heterocycles. The Morgan fingerprint density at radius 3 is 2.28 bits per heavy atom. The van der Waals surface area contributed by atoms with Gasteiger partial charge in [-0.2, -0.15) is 0 Å². The fraction of sp³-hybridized carbons (Fsp3) is 0.318. The van der Waals surface area contributed by atoms with E-state index in [1.807, 2.05) is 30.3 Å². The Morgan fingerprint density at radius 1 is 0.966 bits per heavy atom. The summed E-state index contributed by atoms with van der Waals surface area (Å²) in [6, 6.07) is 15.4. The van der Waals surface area contributed by atoms with Crippen LogP contribution in [0, 0.1) is 0 Å². The number of esters is 1. The zero-order chi connectivity index (χ0) is 21.1. The van der Waals surface area contributed by atoms with Gasteiger partial charge in [0.1, 0.15) is 11.8 Å². The minimum Gasteiger partial charge on any atom is -0.497 e. The van der Waals surface area contributed by atoms with Gasteiger partial charge in [-0.05, 0) is 36.2 Å². The molecule has 2 aromatic carbocycles. The lowest BCUT2D eigenvalue weighted by molar-refractivity contribution is -0.145. The van der Waals surface area contributed by atoms with Crippen molar-refractivity contribution in [3.05, 3.63) is 65.7 Å². The maximum absolute atomic E-state index is 12.2. The van der Waals surface area contributed by atoms with E-state index in [0.717, 1.165) is 5.56 Å². The number of ether oxygens (including phenoxy) is 2. The van der Waals surface area contributed by atoms with E-state index in [0.29, 0.717) is 30.7 Å². The number of nitrogens with one attached hydrogen (secondary N) is 2. The van der Waals surface area contributed by atoms with Crippen molar-refractivity contribution >= 4 is 17.8 Å². The maximum Gasteiger partial charge on any atom is 0.328 e. The van der Waals surface area contributed by atoms with E-state index in [1.54, 1.807) is 31.4 Å². The number of carbonyl (C=O) groups is 3. The van der Waals surface area contributed by atoms with Crippen molar-refractivity contribution in [1.82, 2.24) is 10.6 Å². The summed E-state index contributed by atoms with van der Waals surface area (Å²) in [5.74, 6) is -0.302. The van der Waals surface area contributed by atoms with Gasteiger partial charge in [-0.15, -0.1) is 0 Å². The van der Waals surface area contributed by atoms with Gasteiger partial charge in [-0.3, -0.25) is 9.59 Å². The molecule has 1 atom stereocenters. The number of methoxy groups -OCH3 is 2. The van der Waals surface area contributed by atoms with E-state index in [2.05, 4.69) is 10.6 Å². The van der Waals surface area contributed by atoms with Crippen molar-refractivity contribution in [1.29, 1.82) is 0 Å². The van der Waals surface area contributed by atoms with Gasteiger partial charge in [0, 0.05) is 24.9 Å². The van der Waals surface area contributed by atoms with Crippen LogP contribution in [0.25, 0.3) is 0 Å². The fourth-order valence-corrected chi connectivity index (χ4v) is 2.75. The summed E-state index contributed by atoms with van der Waals surface area (Å²) in [6.45, 7) is 0.347. The highest BCUT2D eigenvalue weighted by atomic mass is 16.5. The van der Waals surface area contributed by atoms with Crippen LogP contribution in [0.4, 0.5) is 0 Å². The molecule has 0 aliphatic heterocycles. The summed E-state index contributed by atoms with van der Waals surface area (Å²) in [5, 5.41) is 5.48. The summed E-state index contributed by atoms with van der Waals surface area (Å²) in [5.41, 5.74) is 1.44. The second-order valence-corrected chi connectivity index (χ2v) is 6.42. The van der Waals surface area contributed by atoms with Crippen LogP contribution in [0.2, 0.25) is 0 Å². The largest absolute Gasteiger partial charge is 0.497 e. The highest BCUT2D eigenvalue weighted by Crippen LogP contribution is 2.11. The van der Waals surface area contributed by atoms with Gasteiger partial charge in [0.25, 0.3) is 5.91 Å². The Kier molecular flexibility index (Phi) is 8.69. The maximum atomic E-state index is 12.2. The molecule has 0 fully saturated rings. The first-order valence-electron chi connectivity index (χ1n) is 9.37. The molecular weight excluding hydrogens is 372 g/mol. The Balaban J connectivity index is 1.76. The van der Waals surface area contributed by atoms with E-state index in [1.165, 1.54) is 7.11 Å². The zero-order valence-electron chi connectivity index (χ0n) is 16.6. The molecule has 2 rings (SSSR count). The molecule has 2 amide bonds. The molecular formula is C22H26N2O5. The first kappa shape index (κ1) is 21.9. The standard InChI is InChI=1S/C22H26N2O5/c1-28-18-12-10-17(11-13-18)21(26)23-14-6-9-20(25)24-19(22(27)29-2)15-16-7-4-3-5-8-16/h3-5,7-8,10-13,19H,6,9,14-15H2,1-2H3,(H,23,26)(H,24,25). The van der Waals surface area contributed by atoms with Gasteiger partial charge in [-0.25, -0.2) is 4.79 Å². The van der Waals surface area contributed by atoms with Crippen LogP contribution in [-0.2, 0) is 20.7 Å². The highest BCUT2D eigenvalue weighted by Gasteiger charge is 2.21. The average molecular weight is 398 g/mol. The first-order valence-corrected chi connectivity index (χ1v) is 9.37. The van der Waals surface area contributed by atoms with Crippen LogP contribution in [0.5, 0.6) is 5.75 Å². The van der Waals surface area contributed by atoms with E-state index in [-0.39, 0.29) is 18.2 Å². The van der Waals surface area contributed by atoms with Crippen molar-refractivity contribution in [2.24, 2.45) is 0 Å². The third-order valence-corrected chi connectivity index (χ3v) is 4.32. The summed E-state index contributed by atoms with van der Waals surface area (Å²) in [6.07, 6.45) is 0.992. The van der Waals surface area contributed by atoms with Crippen LogP contribution in [-0.4, -0.2) is 44.6 Å². The second kappa shape index (κ2) is 11.5. The molecule has 0 aliphatic carbocycles. The molecule has 0 saturated carbocycles. The molecule has 29 heavy (non-hydrogen) atoms. The summed E-state index contributed by atoms with van der Waals surface area (Å²) < 4.78 is 9.85. The minimum atomic E-state index is -0.746. The molecule has 0 spiro atoms. The summed E-state index contributed by atoms with van der Waals surface area (Å²) in [4.78, 5) is 36.3. The molecule has 0 radical (unpaired) electrons. The van der Waals surface area contributed by atoms with E-state index < -0.39 is 12.0 Å². The van der Waals surface area contributed by atoms with Gasteiger partial charge in [0.05, 0.1) is 14.2 Å². The third-order valence-electron chi connectivity index (χ3n) is 4.32. The van der Waals surface area contributed by atoms with Crippen LogP contribution in [0.15, 0.2) is 54.6 Å². The SMILES string of the molecule is COC(=O)C(Cc1ccccc1)NC(=O)CCCNC(=O)c1ccc(OC)cc1. The second-order valence-electron chi connectivity index (χ2n) is 6.42. The molecule has 0 aromatic heterocycles. The molecule has 0 bridgehead atoms. The van der Waals surface area contributed by atoms with Gasteiger partial charge < -0.3 is 20.1 Å². The normalized spacial score (nSPS) is 11.2. The van der Waals surface area contributed by atoms with E-state index in [4.69, 9.17) is 9.47 Å². The van der Waals surface area contributed by atoms with Crippen LogP contribution in [0.1, 0.15) is 28.8 Å².